The number of hydrogen-bond acceptors (Lipinski definition) is 2. The molecule has 2 heterocycles. The molecule has 1 aromatic carbocycles. The lowest BCUT2D eigenvalue weighted by atomic mass is 10.2. The number of nitrogens with zero attached hydrogens (tertiary/aromatic N) is 1. The van der Waals surface area contributed by atoms with E-state index in [0.29, 0.717) is 0 Å². The van der Waals surface area contributed by atoms with Crippen LogP contribution in [0.15, 0.2) is 45.5 Å². The van der Waals surface area contributed by atoms with Crippen LogP contribution >= 0.6 is 15.9 Å². The Labute approximate surface area is 88.7 Å². The molecule has 0 aliphatic heterocycles. The van der Waals surface area contributed by atoms with Crippen LogP contribution < -0.4 is 0 Å². The number of aromatic nitrogens is 1. The van der Waals surface area contributed by atoms with Crippen LogP contribution in [0, 0.1) is 0 Å². The number of halogens is 1. The van der Waals surface area contributed by atoms with Crippen molar-refractivity contribution in [3.63, 3.8) is 0 Å². The first-order valence-corrected chi connectivity index (χ1v) is 5.06. The highest BCUT2D eigenvalue weighted by Crippen LogP contribution is 2.32. The summed E-state index contributed by atoms with van der Waals surface area (Å²) >= 11 is 3.47. The smallest absolute Gasteiger partial charge is 0.154 e. The molecule has 68 valence electrons. The number of benzene rings is 1. The Morgan fingerprint density at radius 3 is 2.86 bits per heavy atom. The van der Waals surface area contributed by atoms with Crippen LogP contribution in [-0.4, -0.2) is 4.98 Å². The molecular formula is C11H6BrNO. The van der Waals surface area contributed by atoms with Gasteiger partial charge in [-0.1, -0.05) is 18.2 Å². The zero-order chi connectivity index (χ0) is 9.54. The summed E-state index contributed by atoms with van der Waals surface area (Å²) in [6, 6.07) is 7.98. The fraction of sp³-hybridized carbons (Fsp3) is 0. The number of pyridine rings is 1. The molecule has 14 heavy (non-hydrogen) atoms. The van der Waals surface area contributed by atoms with Crippen LogP contribution in [0.1, 0.15) is 0 Å². The SMILES string of the molecule is Brc1cncc2oc3ccccc3c12. The Morgan fingerprint density at radius 2 is 1.93 bits per heavy atom. The topological polar surface area (TPSA) is 26.0 Å². The largest absolute Gasteiger partial charge is 0.454 e. The molecule has 0 amide bonds. The van der Waals surface area contributed by atoms with E-state index in [0.717, 1.165) is 26.4 Å². The summed E-state index contributed by atoms with van der Waals surface area (Å²) < 4.78 is 6.61. The molecule has 2 nitrogen and oxygen atoms in total. The third-order valence-electron chi connectivity index (χ3n) is 2.24. The van der Waals surface area contributed by atoms with E-state index in [1.165, 1.54) is 0 Å². The lowest BCUT2D eigenvalue weighted by Gasteiger charge is -1.90. The van der Waals surface area contributed by atoms with Crippen molar-refractivity contribution in [1.82, 2.24) is 4.98 Å². The van der Waals surface area contributed by atoms with E-state index in [2.05, 4.69) is 20.9 Å². The molecule has 0 bridgehead atoms. The molecule has 0 saturated carbocycles. The highest BCUT2D eigenvalue weighted by molar-refractivity contribution is 9.10. The molecule has 3 heteroatoms. The first kappa shape index (κ1) is 8.00. The van der Waals surface area contributed by atoms with Crippen LogP contribution in [0.5, 0.6) is 0 Å². The second-order valence-corrected chi connectivity index (χ2v) is 3.95. The van der Waals surface area contributed by atoms with Crippen molar-refractivity contribution in [1.29, 1.82) is 0 Å². The van der Waals surface area contributed by atoms with Crippen molar-refractivity contribution in [3.8, 4) is 0 Å². The summed E-state index contributed by atoms with van der Waals surface area (Å²) in [5.41, 5.74) is 1.72. The Morgan fingerprint density at radius 1 is 1.07 bits per heavy atom. The molecule has 0 atom stereocenters. The first-order chi connectivity index (χ1) is 6.86. The predicted molar refractivity (Wildman–Crippen MR) is 59.2 cm³/mol. The number of hydrogen-bond donors (Lipinski definition) is 0. The summed E-state index contributed by atoms with van der Waals surface area (Å²) in [5.74, 6) is 0. The molecular weight excluding hydrogens is 242 g/mol. The molecule has 3 aromatic rings. The molecule has 0 N–H and O–H groups in total. The van der Waals surface area contributed by atoms with Crippen LogP contribution in [0.3, 0.4) is 0 Å². The maximum absolute atomic E-state index is 5.64. The van der Waals surface area contributed by atoms with Gasteiger partial charge in [-0.05, 0) is 22.0 Å². The maximum atomic E-state index is 5.64. The molecule has 0 radical (unpaired) electrons. The van der Waals surface area contributed by atoms with Crippen molar-refractivity contribution < 1.29 is 4.42 Å². The first-order valence-electron chi connectivity index (χ1n) is 4.27. The molecule has 0 spiro atoms. The molecule has 2 aromatic heterocycles. The molecule has 0 fully saturated rings. The van der Waals surface area contributed by atoms with Crippen molar-refractivity contribution in [2.45, 2.75) is 0 Å². The predicted octanol–water partition coefficient (Wildman–Crippen LogP) is 3.74. The van der Waals surface area contributed by atoms with E-state index >= 15 is 0 Å². The third-order valence-corrected chi connectivity index (χ3v) is 2.84. The molecule has 0 saturated heterocycles. The standard InChI is InChI=1S/C11H6BrNO/c12-8-5-13-6-10-11(8)7-3-1-2-4-9(7)14-10/h1-6H. The zero-order valence-corrected chi connectivity index (χ0v) is 8.78. The normalized spacial score (nSPS) is 11.2. The quantitative estimate of drug-likeness (QED) is 0.605. The summed E-state index contributed by atoms with van der Waals surface area (Å²) in [6.45, 7) is 0. The number of furan rings is 1. The number of para-hydroxylation sites is 1. The fourth-order valence-corrected chi connectivity index (χ4v) is 2.16. The molecule has 3 rings (SSSR count). The van der Waals surface area contributed by atoms with Gasteiger partial charge in [0.05, 0.1) is 6.20 Å². The average Bonchev–Trinajstić information content (AvgIpc) is 2.57. The van der Waals surface area contributed by atoms with E-state index in [9.17, 15) is 0 Å². The van der Waals surface area contributed by atoms with Crippen LogP contribution in [0.4, 0.5) is 0 Å². The van der Waals surface area contributed by atoms with Crippen molar-refractivity contribution in [2.24, 2.45) is 0 Å². The third kappa shape index (κ3) is 0.990. The van der Waals surface area contributed by atoms with Gasteiger partial charge < -0.3 is 4.42 Å². The van der Waals surface area contributed by atoms with E-state index in [4.69, 9.17) is 4.42 Å². The van der Waals surface area contributed by atoms with E-state index in [-0.39, 0.29) is 0 Å². The van der Waals surface area contributed by atoms with Crippen molar-refractivity contribution >= 4 is 37.9 Å². The number of rotatable bonds is 0. The Kier molecular flexibility index (Phi) is 1.61. The Balaban J connectivity index is 2.65. The maximum Gasteiger partial charge on any atom is 0.154 e. The minimum Gasteiger partial charge on any atom is -0.454 e. The molecule has 0 unspecified atom stereocenters. The Hall–Kier alpha value is -1.35. The van der Waals surface area contributed by atoms with Gasteiger partial charge in [-0.3, -0.25) is 4.98 Å². The van der Waals surface area contributed by atoms with Gasteiger partial charge in [-0.15, -0.1) is 0 Å². The lowest BCUT2D eigenvalue weighted by molar-refractivity contribution is 0.667. The van der Waals surface area contributed by atoms with Crippen LogP contribution in [0.2, 0.25) is 0 Å². The van der Waals surface area contributed by atoms with E-state index < -0.39 is 0 Å². The number of fused-ring (bicyclic) bond motifs is 3. The van der Waals surface area contributed by atoms with Gasteiger partial charge in [0.2, 0.25) is 0 Å². The van der Waals surface area contributed by atoms with Gasteiger partial charge in [0, 0.05) is 21.4 Å². The monoisotopic (exact) mass is 247 g/mol. The van der Waals surface area contributed by atoms with Crippen molar-refractivity contribution in [3.05, 3.63) is 41.1 Å². The van der Waals surface area contributed by atoms with Crippen LogP contribution in [-0.2, 0) is 0 Å². The second kappa shape index (κ2) is 2.82. The average molecular weight is 248 g/mol. The summed E-state index contributed by atoms with van der Waals surface area (Å²) in [6.07, 6.45) is 3.52. The molecule has 0 aliphatic carbocycles. The van der Waals surface area contributed by atoms with Gasteiger partial charge in [-0.2, -0.15) is 0 Å². The minimum absolute atomic E-state index is 0.820. The van der Waals surface area contributed by atoms with Gasteiger partial charge in [0.1, 0.15) is 5.58 Å². The van der Waals surface area contributed by atoms with Crippen LogP contribution in [0.25, 0.3) is 21.9 Å². The van der Waals surface area contributed by atoms with Crippen molar-refractivity contribution in [2.75, 3.05) is 0 Å². The summed E-state index contributed by atoms with van der Waals surface area (Å²) in [4.78, 5) is 4.07. The van der Waals surface area contributed by atoms with Gasteiger partial charge in [0.15, 0.2) is 5.58 Å². The minimum atomic E-state index is 0.820. The summed E-state index contributed by atoms with van der Waals surface area (Å²) in [7, 11) is 0. The van der Waals surface area contributed by atoms with E-state index in [1.54, 1.807) is 12.4 Å². The highest BCUT2D eigenvalue weighted by atomic mass is 79.9. The zero-order valence-electron chi connectivity index (χ0n) is 7.20. The summed E-state index contributed by atoms with van der Waals surface area (Å²) in [5, 5.41) is 2.22. The van der Waals surface area contributed by atoms with Gasteiger partial charge >= 0.3 is 0 Å². The van der Waals surface area contributed by atoms with Gasteiger partial charge in [-0.25, -0.2) is 0 Å². The second-order valence-electron chi connectivity index (χ2n) is 3.09. The fourth-order valence-electron chi connectivity index (χ4n) is 1.64. The van der Waals surface area contributed by atoms with E-state index in [1.807, 2.05) is 24.3 Å². The Bertz CT molecular complexity index is 615. The van der Waals surface area contributed by atoms with Gasteiger partial charge in [0.25, 0.3) is 0 Å². The highest BCUT2D eigenvalue weighted by Gasteiger charge is 2.08. The lowest BCUT2D eigenvalue weighted by Crippen LogP contribution is -1.72. The molecule has 0 aliphatic rings.